The van der Waals surface area contributed by atoms with E-state index in [0.717, 1.165) is 4.47 Å². The molecule has 1 aliphatic rings. The van der Waals surface area contributed by atoms with Gasteiger partial charge in [-0.05, 0) is 31.9 Å². The van der Waals surface area contributed by atoms with Gasteiger partial charge in [0.2, 0.25) is 0 Å². The summed E-state index contributed by atoms with van der Waals surface area (Å²) in [5, 5.41) is 10.1. The van der Waals surface area contributed by atoms with Gasteiger partial charge in [-0.3, -0.25) is 0 Å². The summed E-state index contributed by atoms with van der Waals surface area (Å²) >= 11 is 3.32. The molecule has 0 amide bonds. The van der Waals surface area contributed by atoms with E-state index in [9.17, 15) is 18.3 Å². The highest BCUT2D eigenvalue weighted by molar-refractivity contribution is 9.10. The van der Waals surface area contributed by atoms with E-state index in [0.29, 0.717) is 17.7 Å². The van der Waals surface area contributed by atoms with Crippen LogP contribution >= 0.6 is 15.9 Å². The maximum absolute atomic E-state index is 12.2. The van der Waals surface area contributed by atoms with Crippen molar-refractivity contribution in [2.45, 2.75) is 50.5 Å². The summed E-state index contributed by atoms with van der Waals surface area (Å²) in [5.74, 6) is 0.535. The maximum Gasteiger partial charge on any atom is 0.389 e. The SMILES string of the molecule is CC1(CCCC(F)(F)F)CC(O)c2ccc(Br)cc2O1. The Morgan fingerprint density at radius 3 is 2.80 bits per heavy atom. The van der Waals surface area contributed by atoms with E-state index in [-0.39, 0.29) is 12.8 Å². The molecule has 0 aliphatic carbocycles. The molecule has 0 bridgehead atoms. The van der Waals surface area contributed by atoms with Gasteiger partial charge >= 0.3 is 6.18 Å². The molecule has 1 heterocycles. The third-order valence-electron chi connectivity index (χ3n) is 3.48. The minimum Gasteiger partial charge on any atom is -0.487 e. The Hall–Kier alpha value is -0.750. The van der Waals surface area contributed by atoms with E-state index in [1.807, 2.05) is 0 Å². The minimum atomic E-state index is -4.15. The van der Waals surface area contributed by atoms with Crippen LogP contribution in [0.5, 0.6) is 5.75 Å². The number of halogens is 4. The van der Waals surface area contributed by atoms with Crippen molar-refractivity contribution in [1.82, 2.24) is 0 Å². The van der Waals surface area contributed by atoms with Crippen molar-refractivity contribution >= 4 is 15.9 Å². The molecular formula is C14H16BrF3O2. The van der Waals surface area contributed by atoms with Gasteiger partial charge in [-0.25, -0.2) is 0 Å². The predicted molar refractivity (Wildman–Crippen MR) is 72.7 cm³/mol. The van der Waals surface area contributed by atoms with Crippen molar-refractivity contribution in [3.8, 4) is 5.75 Å². The van der Waals surface area contributed by atoms with Crippen LogP contribution < -0.4 is 4.74 Å². The van der Waals surface area contributed by atoms with Crippen molar-refractivity contribution in [1.29, 1.82) is 0 Å². The van der Waals surface area contributed by atoms with Crippen LogP contribution in [0.4, 0.5) is 13.2 Å². The highest BCUT2D eigenvalue weighted by Crippen LogP contribution is 2.43. The maximum atomic E-state index is 12.2. The molecule has 20 heavy (non-hydrogen) atoms. The lowest BCUT2D eigenvalue weighted by molar-refractivity contribution is -0.138. The summed E-state index contributed by atoms with van der Waals surface area (Å²) in [6.45, 7) is 1.75. The number of hydrogen-bond donors (Lipinski definition) is 1. The second-order valence-corrected chi connectivity index (χ2v) is 6.34. The zero-order valence-electron chi connectivity index (χ0n) is 11.0. The molecule has 0 aromatic heterocycles. The highest BCUT2D eigenvalue weighted by Gasteiger charge is 2.37. The number of alkyl halides is 3. The number of fused-ring (bicyclic) bond motifs is 1. The normalized spacial score (nSPS) is 26.0. The summed E-state index contributed by atoms with van der Waals surface area (Å²) in [6, 6.07) is 5.30. The topological polar surface area (TPSA) is 29.5 Å². The first kappa shape index (κ1) is 15.6. The van der Waals surface area contributed by atoms with Gasteiger partial charge in [-0.2, -0.15) is 13.2 Å². The van der Waals surface area contributed by atoms with Crippen LogP contribution in [0.3, 0.4) is 0 Å². The lowest BCUT2D eigenvalue weighted by Crippen LogP contribution is -2.38. The van der Waals surface area contributed by atoms with Crippen LogP contribution in [0, 0.1) is 0 Å². The molecule has 0 saturated carbocycles. The molecule has 6 heteroatoms. The number of benzene rings is 1. The quantitative estimate of drug-likeness (QED) is 0.849. The van der Waals surface area contributed by atoms with Gasteiger partial charge in [0, 0.05) is 22.9 Å². The fourth-order valence-electron chi connectivity index (χ4n) is 2.51. The Morgan fingerprint density at radius 1 is 1.45 bits per heavy atom. The van der Waals surface area contributed by atoms with E-state index >= 15 is 0 Å². The Morgan fingerprint density at radius 2 is 2.15 bits per heavy atom. The van der Waals surface area contributed by atoms with Gasteiger partial charge in [0.1, 0.15) is 11.4 Å². The summed E-state index contributed by atoms with van der Waals surface area (Å²) < 4.78 is 43.3. The van der Waals surface area contributed by atoms with Crippen molar-refractivity contribution in [3.05, 3.63) is 28.2 Å². The molecule has 0 fully saturated rings. The zero-order chi connectivity index (χ0) is 15.0. The molecule has 0 radical (unpaired) electrons. The van der Waals surface area contributed by atoms with Gasteiger partial charge in [0.15, 0.2) is 0 Å². The first-order chi connectivity index (χ1) is 9.19. The Kier molecular flexibility index (Phi) is 4.35. The summed E-state index contributed by atoms with van der Waals surface area (Å²) in [4.78, 5) is 0. The third-order valence-corrected chi connectivity index (χ3v) is 3.98. The van der Waals surface area contributed by atoms with Crippen LogP contribution in [0.25, 0.3) is 0 Å². The average molecular weight is 353 g/mol. The summed E-state index contributed by atoms with van der Waals surface area (Å²) in [6.07, 6.45) is -5.12. The number of aliphatic hydroxyl groups is 1. The van der Waals surface area contributed by atoms with Crippen molar-refractivity contribution < 1.29 is 23.0 Å². The molecular weight excluding hydrogens is 337 g/mol. The number of rotatable bonds is 3. The molecule has 2 rings (SSSR count). The molecule has 1 aromatic rings. The molecule has 0 spiro atoms. The largest absolute Gasteiger partial charge is 0.487 e. The molecule has 112 valence electrons. The fraction of sp³-hybridized carbons (Fsp3) is 0.571. The van der Waals surface area contributed by atoms with Crippen molar-refractivity contribution in [3.63, 3.8) is 0 Å². The molecule has 2 nitrogen and oxygen atoms in total. The van der Waals surface area contributed by atoms with Crippen LogP contribution in [0.1, 0.15) is 44.3 Å². The van der Waals surface area contributed by atoms with Gasteiger partial charge in [-0.1, -0.05) is 22.0 Å². The summed E-state index contributed by atoms with van der Waals surface area (Å²) in [5.41, 5.74) is -0.0835. The number of hydrogen-bond acceptors (Lipinski definition) is 2. The second-order valence-electron chi connectivity index (χ2n) is 5.42. The Bertz CT molecular complexity index is 490. The van der Waals surface area contributed by atoms with E-state index < -0.39 is 24.3 Å². The van der Waals surface area contributed by atoms with Crippen LogP contribution in [0.2, 0.25) is 0 Å². The standard InChI is InChI=1S/C14H16BrF3O2/c1-13(5-2-6-14(16,17)18)8-11(19)10-4-3-9(15)7-12(10)20-13/h3-4,7,11,19H,2,5-6,8H2,1H3. The lowest BCUT2D eigenvalue weighted by Gasteiger charge is -2.38. The van der Waals surface area contributed by atoms with Crippen molar-refractivity contribution in [2.24, 2.45) is 0 Å². The van der Waals surface area contributed by atoms with E-state index in [1.54, 1.807) is 25.1 Å². The number of ether oxygens (including phenoxy) is 1. The van der Waals surface area contributed by atoms with E-state index in [1.165, 1.54) is 0 Å². The van der Waals surface area contributed by atoms with Crippen LogP contribution in [-0.2, 0) is 0 Å². The highest BCUT2D eigenvalue weighted by atomic mass is 79.9. The van der Waals surface area contributed by atoms with Crippen LogP contribution in [0.15, 0.2) is 22.7 Å². The predicted octanol–water partition coefficient (Wildman–Crippen LogP) is 4.76. The fourth-order valence-corrected chi connectivity index (χ4v) is 2.85. The first-order valence-electron chi connectivity index (χ1n) is 6.42. The molecule has 1 aliphatic heterocycles. The van der Waals surface area contributed by atoms with Crippen LogP contribution in [-0.4, -0.2) is 16.9 Å². The monoisotopic (exact) mass is 352 g/mol. The first-order valence-corrected chi connectivity index (χ1v) is 7.21. The Balaban J connectivity index is 2.08. The molecule has 1 aromatic carbocycles. The molecule has 2 unspecified atom stereocenters. The number of aliphatic hydroxyl groups excluding tert-OH is 1. The molecule has 2 atom stereocenters. The summed E-state index contributed by atoms with van der Waals surface area (Å²) in [7, 11) is 0. The smallest absolute Gasteiger partial charge is 0.389 e. The third kappa shape index (κ3) is 3.88. The Labute approximate surface area is 124 Å². The van der Waals surface area contributed by atoms with Gasteiger partial charge in [0.25, 0.3) is 0 Å². The van der Waals surface area contributed by atoms with Gasteiger partial charge in [-0.15, -0.1) is 0 Å². The molecule has 1 N–H and O–H groups in total. The van der Waals surface area contributed by atoms with Crippen molar-refractivity contribution in [2.75, 3.05) is 0 Å². The zero-order valence-corrected chi connectivity index (χ0v) is 12.6. The van der Waals surface area contributed by atoms with E-state index in [2.05, 4.69) is 15.9 Å². The van der Waals surface area contributed by atoms with E-state index in [4.69, 9.17) is 4.74 Å². The minimum absolute atomic E-state index is 0.00391. The van der Waals surface area contributed by atoms with Gasteiger partial charge < -0.3 is 9.84 Å². The average Bonchev–Trinajstić information content (AvgIpc) is 2.25. The second kappa shape index (κ2) is 5.56. The lowest BCUT2D eigenvalue weighted by atomic mass is 9.86. The van der Waals surface area contributed by atoms with Gasteiger partial charge in [0.05, 0.1) is 6.10 Å². The molecule has 0 saturated heterocycles.